The molecule has 48 heavy (non-hydrogen) atoms. The molecule has 1 atom stereocenters. The van der Waals surface area contributed by atoms with Crippen LogP contribution in [0.2, 0.25) is 0 Å². The van der Waals surface area contributed by atoms with Gasteiger partial charge in [0.1, 0.15) is 29.8 Å². The molecule has 2 aromatic heterocycles. The fourth-order valence-electron chi connectivity index (χ4n) is 8.09. The van der Waals surface area contributed by atoms with Crippen molar-refractivity contribution >= 4 is 11.9 Å². The summed E-state index contributed by atoms with van der Waals surface area (Å²) in [6.45, 7) is 15.7. The van der Waals surface area contributed by atoms with E-state index in [4.69, 9.17) is 9.47 Å². The van der Waals surface area contributed by atoms with Gasteiger partial charge in [0.15, 0.2) is 5.82 Å². The molecule has 1 aliphatic carbocycles. The van der Waals surface area contributed by atoms with Crippen LogP contribution in [0.1, 0.15) is 78.3 Å². The molecule has 1 saturated carbocycles. The van der Waals surface area contributed by atoms with E-state index in [0.717, 1.165) is 82.6 Å². The van der Waals surface area contributed by atoms with Crippen molar-refractivity contribution in [2.24, 2.45) is 17.3 Å². The standard InChI is InChI=1S/C36H47FN8O3/c1-23(2)31(25-10-13-43(14-11-25)34(46)48-35(3,4)5)45-19-36(20-45)12-15-44(18-36)32-33(42-41-22-40-32)47-29-9-8-26(37)16-27(29)28-17-38-21-39-30(28)24-6-7-24/h8-9,16-17,21-25,31H,6-7,10-15,18-20H2,1-5H3/t31-/m1/s1. The molecule has 5 heterocycles. The number of amides is 1. The third-order valence-corrected chi connectivity index (χ3v) is 10.3. The molecule has 11 nitrogen and oxygen atoms in total. The number of anilines is 1. The van der Waals surface area contributed by atoms with Crippen LogP contribution in [-0.4, -0.2) is 92.0 Å². The molecule has 0 radical (unpaired) electrons. The van der Waals surface area contributed by atoms with Crippen LogP contribution >= 0.6 is 0 Å². The summed E-state index contributed by atoms with van der Waals surface area (Å²) in [5, 5.41) is 8.40. The number of halogens is 1. The molecule has 4 aliphatic rings. The second-order valence-corrected chi connectivity index (χ2v) is 15.5. The average molecular weight is 659 g/mol. The Labute approximate surface area is 282 Å². The number of rotatable bonds is 8. The zero-order valence-corrected chi connectivity index (χ0v) is 28.7. The van der Waals surface area contributed by atoms with E-state index in [1.54, 1.807) is 18.6 Å². The Balaban J connectivity index is 1.02. The second-order valence-electron chi connectivity index (χ2n) is 15.5. The van der Waals surface area contributed by atoms with Crippen LogP contribution in [0.25, 0.3) is 11.1 Å². The maximum absolute atomic E-state index is 14.6. The first kappa shape index (κ1) is 32.6. The number of carbonyl (C=O) groups is 1. The van der Waals surface area contributed by atoms with Crippen molar-refractivity contribution in [3.63, 3.8) is 0 Å². The van der Waals surface area contributed by atoms with Gasteiger partial charge in [0.2, 0.25) is 0 Å². The molecule has 0 unspecified atom stereocenters. The van der Waals surface area contributed by atoms with E-state index in [1.165, 1.54) is 18.5 Å². The normalized spacial score (nSPS) is 20.6. The van der Waals surface area contributed by atoms with Gasteiger partial charge in [-0.05, 0) is 82.9 Å². The van der Waals surface area contributed by atoms with Crippen LogP contribution in [0.4, 0.5) is 15.0 Å². The lowest BCUT2D eigenvalue weighted by atomic mass is 9.73. The highest BCUT2D eigenvalue weighted by atomic mass is 19.1. The van der Waals surface area contributed by atoms with Crippen molar-refractivity contribution in [2.45, 2.75) is 84.3 Å². The molecule has 3 aliphatic heterocycles. The van der Waals surface area contributed by atoms with Gasteiger partial charge in [0.05, 0.1) is 5.69 Å². The molecule has 7 rings (SSSR count). The Morgan fingerprint density at radius 1 is 1.00 bits per heavy atom. The lowest BCUT2D eigenvalue weighted by Crippen LogP contribution is -2.64. The molecule has 0 N–H and O–H groups in total. The molecule has 12 heteroatoms. The van der Waals surface area contributed by atoms with Crippen molar-refractivity contribution < 1.29 is 18.7 Å². The highest BCUT2D eigenvalue weighted by Crippen LogP contribution is 2.48. The SMILES string of the molecule is CC(C)[C@H](C1CCN(C(=O)OC(C)(C)C)CC1)N1CC2(CCN(c3ncnnc3Oc3ccc(F)cc3-c3cncnc3C3CC3)C2)C1. The summed E-state index contributed by atoms with van der Waals surface area (Å²) in [5.74, 6) is 2.49. The number of nitrogens with zero attached hydrogens (tertiary/aromatic N) is 8. The Kier molecular flexibility index (Phi) is 8.72. The molecular formula is C36H47FN8O3. The van der Waals surface area contributed by atoms with E-state index in [9.17, 15) is 9.18 Å². The predicted molar refractivity (Wildman–Crippen MR) is 179 cm³/mol. The zero-order chi connectivity index (χ0) is 33.6. The van der Waals surface area contributed by atoms with Gasteiger partial charge in [-0.3, -0.25) is 4.90 Å². The number of hydrogen-bond acceptors (Lipinski definition) is 10. The van der Waals surface area contributed by atoms with E-state index in [-0.39, 0.29) is 17.3 Å². The quantitative estimate of drug-likeness (QED) is 0.273. The third kappa shape index (κ3) is 6.81. The summed E-state index contributed by atoms with van der Waals surface area (Å²) in [6.07, 6.45) is 9.71. The van der Waals surface area contributed by atoms with Gasteiger partial charge in [0.25, 0.3) is 5.88 Å². The second kappa shape index (κ2) is 12.8. The van der Waals surface area contributed by atoms with Crippen molar-refractivity contribution in [1.82, 2.24) is 34.9 Å². The first-order valence-electron chi connectivity index (χ1n) is 17.4. The van der Waals surface area contributed by atoms with Crippen LogP contribution in [-0.2, 0) is 4.74 Å². The Hall–Kier alpha value is -3.93. The van der Waals surface area contributed by atoms with E-state index in [2.05, 4.69) is 48.8 Å². The van der Waals surface area contributed by atoms with Gasteiger partial charge in [-0.2, -0.15) is 0 Å². The number of likely N-dealkylation sites (tertiary alicyclic amines) is 2. The van der Waals surface area contributed by atoms with Crippen LogP contribution in [0, 0.1) is 23.1 Å². The van der Waals surface area contributed by atoms with Gasteiger partial charge in [-0.1, -0.05) is 13.8 Å². The lowest BCUT2D eigenvalue weighted by Gasteiger charge is -2.55. The highest BCUT2D eigenvalue weighted by molar-refractivity contribution is 5.73. The minimum absolute atomic E-state index is 0.175. The average Bonchev–Trinajstić information content (AvgIpc) is 3.79. The van der Waals surface area contributed by atoms with Crippen LogP contribution in [0.3, 0.4) is 0 Å². The predicted octanol–water partition coefficient (Wildman–Crippen LogP) is 6.32. The summed E-state index contributed by atoms with van der Waals surface area (Å²) < 4.78 is 26.6. The first-order valence-corrected chi connectivity index (χ1v) is 17.4. The van der Waals surface area contributed by atoms with Gasteiger partial charge in [0, 0.05) is 74.0 Å². The van der Waals surface area contributed by atoms with E-state index >= 15 is 0 Å². The van der Waals surface area contributed by atoms with Crippen LogP contribution < -0.4 is 9.64 Å². The van der Waals surface area contributed by atoms with Crippen molar-refractivity contribution in [3.05, 3.63) is 48.6 Å². The van der Waals surface area contributed by atoms with Gasteiger partial charge < -0.3 is 19.3 Å². The van der Waals surface area contributed by atoms with Gasteiger partial charge in [-0.25, -0.2) is 24.1 Å². The highest BCUT2D eigenvalue weighted by Gasteiger charge is 2.52. The summed E-state index contributed by atoms with van der Waals surface area (Å²) in [7, 11) is 0. The monoisotopic (exact) mass is 658 g/mol. The van der Waals surface area contributed by atoms with Crippen molar-refractivity contribution in [2.75, 3.05) is 44.2 Å². The van der Waals surface area contributed by atoms with Crippen molar-refractivity contribution in [3.8, 4) is 22.8 Å². The summed E-state index contributed by atoms with van der Waals surface area (Å²) >= 11 is 0. The first-order chi connectivity index (χ1) is 23.0. The van der Waals surface area contributed by atoms with Crippen molar-refractivity contribution in [1.29, 1.82) is 0 Å². The molecule has 1 aromatic carbocycles. The molecule has 1 amide bonds. The fourth-order valence-corrected chi connectivity index (χ4v) is 8.09. The van der Waals surface area contributed by atoms with Gasteiger partial charge in [-0.15, -0.1) is 10.2 Å². The third-order valence-electron chi connectivity index (χ3n) is 10.3. The number of piperidine rings is 1. The molecule has 1 spiro atoms. The molecular weight excluding hydrogens is 611 g/mol. The fraction of sp³-hybridized carbons (Fsp3) is 0.611. The number of hydrogen-bond donors (Lipinski definition) is 0. The number of benzene rings is 1. The Morgan fingerprint density at radius 3 is 2.48 bits per heavy atom. The molecule has 256 valence electrons. The van der Waals surface area contributed by atoms with E-state index in [0.29, 0.717) is 46.8 Å². The van der Waals surface area contributed by atoms with E-state index in [1.807, 2.05) is 25.7 Å². The lowest BCUT2D eigenvalue weighted by molar-refractivity contribution is -0.0611. The largest absolute Gasteiger partial charge is 0.444 e. The van der Waals surface area contributed by atoms with Gasteiger partial charge >= 0.3 is 6.09 Å². The van der Waals surface area contributed by atoms with Crippen LogP contribution in [0.15, 0.2) is 37.1 Å². The number of aromatic nitrogens is 5. The minimum Gasteiger partial charge on any atom is -0.444 e. The number of carbonyl (C=O) groups excluding carboxylic acids is 1. The summed E-state index contributed by atoms with van der Waals surface area (Å²) in [5.41, 5.74) is 1.98. The van der Waals surface area contributed by atoms with E-state index < -0.39 is 5.60 Å². The maximum Gasteiger partial charge on any atom is 0.410 e. The summed E-state index contributed by atoms with van der Waals surface area (Å²) in [4.78, 5) is 32.8. The number of ether oxygens (including phenoxy) is 2. The Bertz CT molecular complexity index is 1630. The smallest absolute Gasteiger partial charge is 0.410 e. The molecule has 3 saturated heterocycles. The minimum atomic E-state index is -0.481. The molecule has 0 bridgehead atoms. The molecule has 3 aromatic rings. The topological polar surface area (TPSA) is 110 Å². The van der Waals surface area contributed by atoms with Crippen LogP contribution in [0.5, 0.6) is 11.6 Å². The zero-order valence-electron chi connectivity index (χ0n) is 28.7. The maximum atomic E-state index is 14.6. The molecule has 4 fully saturated rings. The summed E-state index contributed by atoms with van der Waals surface area (Å²) in [6, 6.07) is 4.98. The Morgan fingerprint density at radius 2 is 1.77 bits per heavy atom.